The monoisotopic (exact) mass is 278 g/mol. The molecule has 1 aromatic carbocycles. The number of nitrogens with two attached hydrogens (primary N) is 2. The van der Waals surface area contributed by atoms with Crippen molar-refractivity contribution in [1.82, 2.24) is 0 Å². The number of rotatable bonds is 6. The van der Waals surface area contributed by atoms with Crippen molar-refractivity contribution in [3.63, 3.8) is 0 Å². The molecule has 0 unspecified atom stereocenters. The molecule has 0 saturated heterocycles. The average molecular weight is 278 g/mol. The number of nitro groups is 1. The summed E-state index contributed by atoms with van der Waals surface area (Å²) in [5.41, 5.74) is 11.8. The summed E-state index contributed by atoms with van der Waals surface area (Å²) in [5, 5.41) is 18.1. The molecular formula is C12H18N6O2. The van der Waals surface area contributed by atoms with E-state index in [4.69, 9.17) is 11.5 Å². The van der Waals surface area contributed by atoms with Crippen LogP contribution in [0.5, 0.6) is 0 Å². The largest absolute Gasteiger partial charge is 0.372 e. The number of hydrogen-bond acceptors (Lipinski definition) is 5. The minimum Gasteiger partial charge on any atom is -0.372 e. The maximum absolute atomic E-state index is 10.8. The van der Waals surface area contributed by atoms with Crippen LogP contribution in [0.3, 0.4) is 0 Å². The molecule has 8 heteroatoms. The molecule has 4 N–H and O–H groups in total. The Hall–Kier alpha value is -2.64. The Morgan fingerprint density at radius 1 is 1.40 bits per heavy atom. The molecule has 0 aromatic heterocycles. The van der Waals surface area contributed by atoms with Crippen LogP contribution in [-0.2, 0) is 0 Å². The van der Waals surface area contributed by atoms with Crippen LogP contribution in [0.4, 0.5) is 11.4 Å². The summed E-state index contributed by atoms with van der Waals surface area (Å²) < 4.78 is 0. The van der Waals surface area contributed by atoms with E-state index in [1.807, 2.05) is 13.8 Å². The second-order valence-corrected chi connectivity index (χ2v) is 3.94. The third-order valence-electron chi connectivity index (χ3n) is 2.70. The molecule has 0 bridgehead atoms. The van der Waals surface area contributed by atoms with E-state index >= 15 is 0 Å². The number of nitrogens with zero attached hydrogens (tertiary/aromatic N) is 4. The highest BCUT2D eigenvalue weighted by molar-refractivity contribution is 5.89. The number of nitro benzene ring substituents is 1. The molecule has 0 aliphatic carbocycles. The molecule has 0 spiro atoms. The van der Waals surface area contributed by atoms with Gasteiger partial charge in [-0.25, -0.2) is 0 Å². The standard InChI is InChI=1S/C12H18N6O2/c1-3-17(4-2)11-6-5-10(18(19)20)7-9(11)8-15-16-12(13)14/h5-8H,3-4H2,1-2H3,(H4,13,14,16)/b15-8-. The van der Waals surface area contributed by atoms with E-state index < -0.39 is 4.92 Å². The minimum absolute atomic E-state index is 0.00736. The molecule has 0 fully saturated rings. The molecule has 0 saturated carbocycles. The summed E-state index contributed by atoms with van der Waals surface area (Å²) in [4.78, 5) is 12.4. The van der Waals surface area contributed by atoms with Gasteiger partial charge >= 0.3 is 0 Å². The normalized spacial score (nSPS) is 10.5. The summed E-state index contributed by atoms with van der Waals surface area (Å²) >= 11 is 0. The van der Waals surface area contributed by atoms with E-state index in [9.17, 15) is 10.1 Å². The summed E-state index contributed by atoms with van der Waals surface area (Å²) in [6.07, 6.45) is 1.40. The molecule has 1 aromatic rings. The molecule has 0 aliphatic heterocycles. The predicted octanol–water partition coefficient (Wildman–Crippen LogP) is 1.05. The van der Waals surface area contributed by atoms with Gasteiger partial charge in [0.2, 0.25) is 5.96 Å². The molecule has 0 aliphatic rings. The Bertz CT molecular complexity index is 533. The minimum atomic E-state index is -0.454. The molecule has 8 nitrogen and oxygen atoms in total. The van der Waals surface area contributed by atoms with Crippen molar-refractivity contribution in [2.45, 2.75) is 13.8 Å². The van der Waals surface area contributed by atoms with Crippen molar-refractivity contribution >= 4 is 23.5 Å². The molecule has 108 valence electrons. The first-order valence-corrected chi connectivity index (χ1v) is 6.14. The Morgan fingerprint density at radius 3 is 2.55 bits per heavy atom. The van der Waals surface area contributed by atoms with Gasteiger partial charge in [-0.3, -0.25) is 10.1 Å². The SMILES string of the molecule is CCN(CC)c1ccc([N+](=O)[O-])cc1/C=N\N=C(N)N. The lowest BCUT2D eigenvalue weighted by atomic mass is 10.1. The highest BCUT2D eigenvalue weighted by Crippen LogP contribution is 2.24. The van der Waals surface area contributed by atoms with Gasteiger partial charge in [-0.2, -0.15) is 5.10 Å². The van der Waals surface area contributed by atoms with Gasteiger partial charge in [0.05, 0.1) is 11.1 Å². The predicted molar refractivity (Wildman–Crippen MR) is 80.1 cm³/mol. The van der Waals surface area contributed by atoms with Gasteiger partial charge in [0, 0.05) is 36.5 Å². The van der Waals surface area contributed by atoms with Gasteiger partial charge in [-0.05, 0) is 19.9 Å². The van der Waals surface area contributed by atoms with Crippen LogP contribution in [-0.4, -0.2) is 30.2 Å². The van der Waals surface area contributed by atoms with Crippen LogP contribution in [0.1, 0.15) is 19.4 Å². The molecule has 0 amide bonds. The van der Waals surface area contributed by atoms with E-state index in [0.717, 1.165) is 18.8 Å². The number of hydrogen-bond donors (Lipinski definition) is 2. The molecule has 0 atom stereocenters. The number of non-ortho nitro benzene ring substituents is 1. The topological polar surface area (TPSA) is 123 Å². The van der Waals surface area contributed by atoms with Gasteiger partial charge < -0.3 is 16.4 Å². The number of benzene rings is 1. The Morgan fingerprint density at radius 2 is 2.05 bits per heavy atom. The van der Waals surface area contributed by atoms with Crippen molar-refractivity contribution in [2.75, 3.05) is 18.0 Å². The maximum atomic E-state index is 10.8. The summed E-state index contributed by atoms with van der Waals surface area (Å²) in [5.74, 6) is -0.170. The van der Waals surface area contributed by atoms with Gasteiger partial charge in [0.15, 0.2) is 0 Å². The van der Waals surface area contributed by atoms with E-state index in [2.05, 4.69) is 15.1 Å². The van der Waals surface area contributed by atoms with Crippen LogP contribution >= 0.6 is 0 Å². The summed E-state index contributed by atoms with van der Waals surface area (Å²) in [7, 11) is 0. The summed E-state index contributed by atoms with van der Waals surface area (Å²) in [6.45, 7) is 5.55. The number of guanidine groups is 1. The van der Waals surface area contributed by atoms with E-state index in [1.165, 1.54) is 18.3 Å². The molecule has 20 heavy (non-hydrogen) atoms. The summed E-state index contributed by atoms with van der Waals surface area (Å²) in [6, 6.07) is 4.60. The fraction of sp³-hybridized carbons (Fsp3) is 0.333. The zero-order chi connectivity index (χ0) is 15.1. The first-order chi connectivity index (χ1) is 9.49. The lowest BCUT2D eigenvalue weighted by Crippen LogP contribution is -2.23. The van der Waals surface area contributed by atoms with Crippen LogP contribution in [0.2, 0.25) is 0 Å². The van der Waals surface area contributed by atoms with Crippen LogP contribution < -0.4 is 16.4 Å². The molecule has 0 radical (unpaired) electrons. The van der Waals surface area contributed by atoms with Crippen LogP contribution in [0.15, 0.2) is 28.4 Å². The van der Waals surface area contributed by atoms with Gasteiger partial charge in [-0.1, -0.05) is 0 Å². The lowest BCUT2D eigenvalue weighted by Gasteiger charge is -2.22. The number of anilines is 1. The second-order valence-electron chi connectivity index (χ2n) is 3.94. The Kier molecular flexibility index (Phi) is 5.45. The first kappa shape index (κ1) is 15.4. The smallest absolute Gasteiger partial charge is 0.270 e. The van der Waals surface area contributed by atoms with Crippen molar-refractivity contribution < 1.29 is 4.92 Å². The van der Waals surface area contributed by atoms with E-state index in [1.54, 1.807) is 6.07 Å². The molecular weight excluding hydrogens is 260 g/mol. The fourth-order valence-corrected chi connectivity index (χ4v) is 1.77. The zero-order valence-corrected chi connectivity index (χ0v) is 11.5. The third kappa shape index (κ3) is 3.94. The highest BCUT2D eigenvalue weighted by atomic mass is 16.6. The third-order valence-corrected chi connectivity index (χ3v) is 2.70. The van der Waals surface area contributed by atoms with Crippen molar-refractivity contribution in [2.24, 2.45) is 21.7 Å². The van der Waals surface area contributed by atoms with E-state index in [-0.39, 0.29) is 11.6 Å². The zero-order valence-electron chi connectivity index (χ0n) is 11.5. The maximum Gasteiger partial charge on any atom is 0.270 e. The first-order valence-electron chi connectivity index (χ1n) is 6.14. The average Bonchev–Trinajstić information content (AvgIpc) is 2.40. The Balaban J connectivity index is 3.26. The molecule has 1 rings (SSSR count). The second kappa shape index (κ2) is 7.07. The highest BCUT2D eigenvalue weighted by Gasteiger charge is 2.12. The van der Waals surface area contributed by atoms with Crippen LogP contribution in [0.25, 0.3) is 0 Å². The van der Waals surface area contributed by atoms with Crippen molar-refractivity contribution in [3.8, 4) is 0 Å². The van der Waals surface area contributed by atoms with Crippen molar-refractivity contribution in [3.05, 3.63) is 33.9 Å². The Labute approximate surface area is 116 Å². The van der Waals surface area contributed by atoms with Gasteiger partial charge in [0.1, 0.15) is 0 Å². The van der Waals surface area contributed by atoms with E-state index in [0.29, 0.717) is 5.56 Å². The molecule has 0 heterocycles. The van der Waals surface area contributed by atoms with Crippen molar-refractivity contribution in [1.29, 1.82) is 0 Å². The van der Waals surface area contributed by atoms with Gasteiger partial charge in [-0.15, -0.1) is 5.10 Å². The quantitative estimate of drug-likeness (QED) is 0.348. The van der Waals surface area contributed by atoms with Crippen LogP contribution in [0, 0.1) is 10.1 Å². The lowest BCUT2D eigenvalue weighted by molar-refractivity contribution is -0.384. The fourth-order valence-electron chi connectivity index (χ4n) is 1.77. The van der Waals surface area contributed by atoms with Gasteiger partial charge in [0.25, 0.3) is 5.69 Å².